The van der Waals surface area contributed by atoms with Crippen LogP contribution in [0, 0.1) is 17.8 Å². The Bertz CT molecular complexity index is 120. The van der Waals surface area contributed by atoms with Crippen molar-refractivity contribution in [3.8, 4) is 0 Å². The van der Waals surface area contributed by atoms with Crippen LogP contribution in [-0.4, -0.2) is 5.38 Å². The zero-order chi connectivity index (χ0) is 8.43. The summed E-state index contributed by atoms with van der Waals surface area (Å²) in [6.45, 7) is 6.89. The van der Waals surface area contributed by atoms with Crippen LogP contribution < -0.4 is 0 Å². The molecule has 1 aliphatic rings. The molecule has 11 heavy (non-hydrogen) atoms. The molecule has 0 spiro atoms. The molecule has 1 fully saturated rings. The van der Waals surface area contributed by atoms with Crippen LogP contribution in [0.4, 0.5) is 0 Å². The molecule has 1 saturated carbocycles. The van der Waals surface area contributed by atoms with Crippen LogP contribution in [0.15, 0.2) is 0 Å². The molecule has 0 heterocycles. The molecule has 0 radical (unpaired) electrons. The summed E-state index contributed by atoms with van der Waals surface area (Å²) >= 11 is 6.27. The van der Waals surface area contributed by atoms with Crippen molar-refractivity contribution >= 4 is 11.6 Å². The third-order valence-corrected chi connectivity index (χ3v) is 3.44. The predicted octanol–water partition coefficient (Wildman–Crippen LogP) is 3.69. The van der Waals surface area contributed by atoms with Gasteiger partial charge in [0.25, 0.3) is 0 Å². The summed E-state index contributed by atoms with van der Waals surface area (Å²) in [7, 11) is 0. The van der Waals surface area contributed by atoms with Gasteiger partial charge < -0.3 is 0 Å². The minimum Gasteiger partial charge on any atom is -0.123 e. The molecule has 0 nitrogen and oxygen atoms in total. The highest BCUT2D eigenvalue weighted by molar-refractivity contribution is 6.20. The van der Waals surface area contributed by atoms with Crippen molar-refractivity contribution in [3.63, 3.8) is 0 Å². The smallest absolute Gasteiger partial charge is 0.0369 e. The Morgan fingerprint density at radius 3 is 2.36 bits per heavy atom. The maximum Gasteiger partial charge on any atom is 0.0369 e. The number of hydrogen-bond acceptors (Lipinski definition) is 0. The molecule has 3 atom stereocenters. The van der Waals surface area contributed by atoms with Gasteiger partial charge in [-0.1, -0.05) is 27.2 Å². The van der Waals surface area contributed by atoms with Gasteiger partial charge in [-0.15, -0.1) is 11.6 Å². The lowest BCUT2D eigenvalue weighted by Gasteiger charge is -2.33. The molecule has 0 aromatic rings. The highest BCUT2D eigenvalue weighted by atomic mass is 35.5. The lowest BCUT2D eigenvalue weighted by atomic mass is 9.77. The second kappa shape index (κ2) is 3.80. The molecule has 0 aromatic heterocycles. The van der Waals surface area contributed by atoms with Gasteiger partial charge in [0.1, 0.15) is 0 Å². The van der Waals surface area contributed by atoms with Gasteiger partial charge in [0.05, 0.1) is 0 Å². The quantitative estimate of drug-likeness (QED) is 0.532. The van der Waals surface area contributed by atoms with E-state index >= 15 is 0 Å². The van der Waals surface area contributed by atoms with Crippen LogP contribution in [0.3, 0.4) is 0 Å². The van der Waals surface area contributed by atoms with Gasteiger partial charge in [-0.05, 0) is 30.6 Å². The monoisotopic (exact) mass is 174 g/mol. The molecule has 0 aliphatic heterocycles. The van der Waals surface area contributed by atoms with Gasteiger partial charge in [0.15, 0.2) is 0 Å². The van der Waals surface area contributed by atoms with Crippen molar-refractivity contribution in [2.24, 2.45) is 17.8 Å². The van der Waals surface area contributed by atoms with E-state index in [2.05, 4.69) is 20.8 Å². The van der Waals surface area contributed by atoms with Gasteiger partial charge in [-0.3, -0.25) is 0 Å². The molecule has 1 aliphatic carbocycles. The molecule has 66 valence electrons. The average molecular weight is 175 g/mol. The summed E-state index contributed by atoms with van der Waals surface area (Å²) in [5, 5.41) is 0.443. The Morgan fingerprint density at radius 1 is 1.27 bits per heavy atom. The largest absolute Gasteiger partial charge is 0.123 e. The standard InChI is InChI=1S/C10H19Cl/c1-7(2)9-5-4-8(3)6-10(9)11/h7-10H,4-6H2,1-3H3/t8-,9+,10+/m0/s1. The van der Waals surface area contributed by atoms with Crippen molar-refractivity contribution in [1.82, 2.24) is 0 Å². The van der Waals surface area contributed by atoms with Crippen LogP contribution in [0.1, 0.15) is 40.0 Å². The molecule has 0 amide bonds. The van der Waals surface area contributed by atoms with E-state index in [1.54, 1.807) is 0 Å². The number of halogens is 1. The van der Waals surface area contributed by atoms with E-state index < -0.39 is 0 Å². The van der Waals surface area contributed by atoms with Gasteiger partial charge in [0, 0.05) is 5.38 Å². The fourth-order valence-electron chi connectivity index (χ4n) is 2.09. The van der Waals surface area contributed by atoms with Crippen molar-refractivity contribution in [2.45, 2.75) is 45.4 Å². The minimum absolute atomic E-state index is 0.443. The number of rotatable bonds is 1. The van der Waals surface area contributed by atoms with Crippen LogP contribution in [0.5, 0.6) is 0 Å². The second-order valence-electron chi connectivity index (χ2n) is 4.34. The van der Waals surface area contributed by atoms with E-state index in [-0.39, 0.29) is 0 Å². The highest BCUT2D eigenvalue weighted by Gasteiger charge is 2.28. The molecule has 0 saturated heterocycles. The summed E-state index contributed by atoms with van der Waals surface area (Å²) in [4.78, 5) is 0. The van der Waals surface area contributed by atoms with Crippen molar-refractivity contribution in [3.05, 3.63) is 0 Å². The van der Waals surface area contributed by atoms with E-state index in [1.165, 1.54) is 19.3 Å². The first-order valence-corrected chi connectivity index (χ1v) is 5.19. The SMILES string of the molecule is CC(C)[C@H]1CC[C@H](C)C[C@H]1Cl. The predicted molar refractivity (Wildman–Crippen MR) is 51.0 cm³/mol. The Hall–Kier alpha value is 0.290. The summed E-state index contributed by atoms with van der Waals surface area (Å²) in [5.74, 6) is 2.39. The van der Waals surface area contributed by atoms with Gasteiger partial charge in [-0.2, -0.15) is 0 Å². The van der Waals surface area contributed by atoms with E-state index in [4.69, 9.17) is 11.6 Å². The normalized spacial score (nSPS) is 39.5. The Balaban J connectivity index is 2.44. The molecule has 0 N–H and O–H groups in total. The molecular formula is C10H19Cl. The van der Waals surface area contributed by atoms with Gasteiger partial charge in [0.2, 0.25) is 0 Å². The molecule has 0 aromatic carbocycles. The van der Waals surface area contributed by atoms with Crippen LogP contribution >= 0.6 is 11.6 Å². The number of alkyl halides is 1. The summed E-state index contributed by atoms with van der Waals surface area (Å²) in [5.41, 5.74) is 0. The molecular weight excluding hydrogens is 156 g/mol. The van der Waals surface area contributed by atoms with Crippen LogP contribution in [0.25, 0.3) is 0 Å². The third kappa shape index (κ3) is 2.37. The van der Waals surface area contributed by atoms with E-state index in [0.29, 0.717) is 5.38 Å². The maximum atomic E-state index is 6.27. The first-order valence-electron chi connectivity index (χ1n) is 4.75. The Labute approximate surface area is 75.3 Å². The van der Waals surface area contributed by atoms with E-state index in [1.807, 2.05) is 0 Å². The zero-order valence-electron chi connectivity index (χ0n) is 7.81. The van der Waals surface area contributed by atoms with Crippen LogP contribution in [0.2, 0.25) is 0 Å². The molecule has 1 rings (SSSR count). The minimum atomic E-state index is 0.443. The average Bonchev–Trinajstić information content (AvgIpc) is 1.85. The highest BCUT2D eigenvalue weighted by Crippen LogP contribution is 2.36. The maximum absolute atomic E-state index is 6.27. The lowest BCUT2D eigenvalue weighted by molar-refractivity contribution is 0.240. The van der Waals surface area contributed by atoms with E-state index in [0.717, 1.165) is 17.8 Å². The van der Waals surface area contributed by atoms with Crippen molar-refractivity contribution in [2.75, 3.05) is 0 Å². The Morgan fingerprint density at radius 2 is 1.91 bits per heavy atom. The molecule has 1 heteroatoms. The fourth-order valence-corrected chi connectivity index (χ4v) is 2.81. The summed E-state index contributed by atoms with van der Waals surface area (Å²) in [6.07, 6.45) is 3.95. The van der Waals surface area contributed by atoms with Crippen LogP contribution in [-0.2, 0) is 0 Å². The lowest BCUT2D eigenvalue weighted by Crippen LogP contribution is -2.27. The van der Waals surface area contributed by atoms with E-state index in [9.17, 15) is 0 Å². The first-order chi connectivity index (χ1) is 5.11. The molecule has 0 bridgehead atoms. The van der Waals surface area contributed by atoms with Crippen molar-refractivity contribution < 1.29 is 0 Å². The number of hydrogen-bond donors (Lipinski definition) is 0. The topological polar surface area (TPSA) is 0 Å². The summed E-state index contributed by atoms with van der Waals surface area (Å²) in [6, 6.07) is 0. The second-order valence-corrected chi connectivity index (χ2v) is 4.90. The van der Waals surface area contributed by atoms with Gasteiger partial charge in [-0.25, -0.2) is 0 Å². The zero-order valence-corrected chi connectivity index (χ0v) is 8.56. The Kier molecular flexibility index (Phi) is 3.24. The van der Waals surface area contributed by atoms with Crippen molar-refractivity contribution in [1.29, 1.82) is 0 Å². The fraction of sp³-hybridized carbons (Fsp3) is 1.00. The third-order valence-electron chi connectivity index (χ3n) is 2.94. The summed E-state index contributed by atoms with van der Waals surface area (Å²) < 4.78 is 0. The molecule has 0 unspecified atom stereocenters. The first kappa shape index (κ1) is 9.38. The van der Waals surface area contributed by atoms with Gasteiger partial charge >= 0.3 is 0 Å².